The lowest BCUT2D eigenvalue weighted by Crippen LogP contribution is -2.36. The Balaban J connectivity index is 1.75. The van der Waals surface area contributed by atoms with Crippen LogP contribution in [-0.4, -0.2) is 18.4 Å². The minimum Gasteiger partial charge on any atom is -0.347 e. The van der Waals surface area contributed by atoms with E-state index in [0.717, 1.165) is 25.7 Å². The van der Waals surface area contributed by atoms with Crippen molar-refractivity contribution in [1.29, 1.82) is 0 Å². The molecular formula is C14H17FN2O2. The average molecular weight is 264 g/mol. The van der Waals surface area contributed by atoms with Crippen molar-refractivity contribution < 1.29 is 14.0 Å². The van der Waals surface area contributed by atoms with Crippen LogP contribution in [0.4, 0.5) is 10.1 Å². The molecule has 19 heavy (non-hydrogen) atoms. The van der Waals surface area contributed by atoms with Crippen LogP contribution in [0.15, 0.2) is 24.3 Å². The van der Waals surface area contributed by atoms with Gasteiger partial charge in [0.2, 0.25) is 11.8 Å². The second-order valence-electron chi connectivity index (χ2n) is 4.75. The Bertz CT molecular complexity index is 453. The number of halogens is 1. The van der Waals surface area contributed by atoms with Crippen molar-refractivity contribution in [1.82, 2.24) is 5.32 Å². The molecule has 0 atom stereocenters. The van der Waals surface area contributed by atoms with E-state index in [1.54, 1.807) is 0 Å². The first kappa shape index (κ1) is 13.5. The van der Waals surface area contributed by atoms with E-state index in [1.807, 2.05) is 0 Å². The Morgan fingerprint density at radius 1 is 1.16 bits per heavy atom. The molecule has 0 heterocycles. The molecule has 1 fully saturated rings. The van der Waals surface area contributed by atoms with Gasteiger partial charge in [-0.1, -0.05) is 12.8 Å². The maximum atomic E-state index is 12.7. The molecule has 102 valence electrons. The van der Waals surface area contributed by atoms with E-state index in [0.29, 0.717) is 5.69 Å². The van der Waals surface area contributed by atoms with Crippen LogP contribution < -0.4 is 10.6 Å². The third-order valence-electron chi connectivity index (χ3n) is 3.28. The fourth-order valence-corrected chi connectivity index (χ4v) is 2.24. The summed E-state index contributed by atoms with van der Waals surface area (Å²) >= 11 is 0. The van der Waals surface area contributed by atoms with E-state index in [2.05, 4.69) is 10.6 Å². The number of hydrogen-bond acceptors (Lipinski definition) is 2. The molecule has 0 aliphatic heterocycles. The summed E-state index contributed by atoms with van der Waals surface area (Å²) in [6, 6.07) is 5.50. The van der Waals surface area contributed by atoms with Crippen molar-refractivity contribution in [3.8, 4) is 0 Å². The van der Waals surface area contributed by atoms with Crippen LogP contribution in [0.3, 0.4) is 0 Å². The van der Waals surface area contributed by atoms with Crippen molar-refractivity contribution in [2.75, 3.05) is 11.9 Å². The zero-order valence-electron chi connectivity index (χ0n) is 10.6. The summed E-state index contributed by atoms with van der Waals surface area (Å²) in [4.78, 5) is 23.3. The van der Waals surface area contributed by atoms with Crippen LogP contribution in [0.1, 0.15) is 25.7 Å². The second-order valence-corrected chi connectivity index (χ2v) is 4.75. The first-order valence-corrected chi connectivity index (χ1v) is 6.48. The van der Waals surface area contributed by atoms with Crippen molar-refractivity contribution >= 4 is 17.5 Å². The van der Waals surface area contributed by atoms with Gasteiger partial charge in [-0.05, 0) is 37.1 Å². The van der Waals surface area contributed by atoms with E-state index in [9.17, 15) is 14.0 Å². The van der Waals surface area contributed by atoms with Gasteiger partial charge in [0.25, 0.3) is 0 Å². The van der Waals surface area contributed by atoms with Gasteiger partial charge >= 0.3 is 0 Å². The first-order chi connectivity index (χ1) is 9.15. The van der Waals surface area contributed by atoms with E-state index in [-0.39, 0.29) is 30.1 Å². The summed E-state index contributed by atoms with van der Waals surface area (Å²) < 4.78 is 12.7. The molecular weight excluding hydrogens is 247 g/mol. The minimum absolute atomic E-state index is 0.0489. The van der Waals surface area contributed by atoms with Crippen LogP contribution >= 0.6 is 0 Å². The molecule has 1 saturated carbocycles. The number of rotatable bonds is 4. The predicted octanol–water partition coefficient (Wildman–Crippen LogP) is 2.07. The molecule has 0 bridgehead atoms. The van der Waals surface area contributed by atoms with Gasteiger partial charge in [-0.2, -0.15) is 0 Å². The molecule has 5 heteroatoms. The van der Waals surface area contributed by atoms with Crippen molar-refractivity contribution in [2.45, 2.75) is 25.7 Å². The molecule has 0 saturated heterocycles. The lowest BCUT2D eigenvalue weighted by Gasteiger charge is -2.10. The van der Waals surface area contributed by atoms with Gasteiger partial charge in [-0.25, -0.2) is 4.39 Å². The predicted molar refractivity (Wildman–Crippen MR) is 70.0 cm³/mol. The quantitative estimate of drug-likeness (QED) is 0.874. The monoisotopic (exact) mass is 264 g/mol. The van der Waals surface area contributed by atoms with Gasteiger partial charge in [-0.15, -0.1) is 0 Å². The number of amides is 2. The number of anilines is 1. The highest BCUT2D eigenvalue weighted by Crippen LogP contribution is 2.24. The summed E-state index contributed by atoms with van der Waals surface area (Å²) in [6.07, 6.45) is 3.98. The van der Waals surface area contributed by atoms with E-state index in [1.165, 1.54) is 24.3 Å². The van der Waals surface area contributed by atoms with E-state index >= 15 is 0 Å². The number of nitrogens with one attached hydrogen (secondary N) is 2. The molecule has 4 nitrogen and oxygen atoms in total. The molecule has 1 aromatic rings. The largest absolute Gasteiger partial charge is 0.347 e. The van der Waals surface area contributed by atoms with Gasteiger partial charge in [0.1, 0.15) is 5.82 Å². The Morgan fingerprint density at radius 3 is 2.42 bits per heavy atom. The van der Waals surface area contributed by atoms with Crippen molar-refractivity contribution in [3.63, 3.8) is 0 Å². The zero-order valence-corrected chi connectivity index (χ0v) is 10.6. The molecule has 1 aliphatic rings. The van der Waals surface area contributed by atoms with E-state index < -0.39 is 0 Å². The highest BCUT2D eigenvalue weighted by Gasteiger charge is 2.22. The number of benzene rings is 1. The Labute approximate surface area is 111 Å². The van der Waals surface area contributed by atoms with Gasteiger partial charge in [0.15, 0.2) is 0 Å². The van der Waals surface area contributed by atoms with Gasteiger partial charge in [-0.3, -0.25) is 9.59 Å². The third kappa shape index (κ3) is 4.05. The topological polar surface area (TPSA) is 58.2 Å². The smallest absolute Gasteiger partial charge is 0.243 e. The van der Waals surface area contributed by atoms with Crippen molar-refractivity contribution in [3.05, 3.63) is 30.1 Å². The van der Waals surface area contributed by atoms with Crippen LogP contribution in [0.5, 0.6) is 0 Å². The number of carbonyl (C=O) groups is 2. The average Bonchev–Trinajstić information content (AvgIpc) is 2.93. The molecule has 0 unspecified atom stereocenters. The maximum Gasteiger partial charge on any atom is 0.243 e. The standard InChI is InChI=1S/C14H17FN2O2/c15-11-5-7-12(8-6-11)17-13(18)9-16-14(19)10-3-1-2-4-10/h5-8,10H,1-4,9H2,(H,16,19)(H,17,18). The normalized spacial score (nSPS) is 15.2. The van der Waals surface area contributed by atoms with Gasteiger partial charge in [0, 0.05) is 11.6 Å². The fourth-order valence-electron chi connectivity index (χ4n) is 2.24. The summed E-state index contributed by atoms with van der Waals surface area (Å²) in [5.74, 6) is -0.657. The molecule has 2 N–H and O–H groups in total. The molecule has 2 rings (SSSR count). The zero-order chi connectivity index (χ0) is 13.7. The van der Waals surface area contributed by atoms with Gasteiger partial charge < -0.3 is 10.6 Å². The minimum atomic E-state index is -0.354. The molecule has 0 radical (unpaired) electrons. The lowest BCUT2D eigenvalue weighted by atomic mass is 10.1. The molecule has 0 spiro atoms. The molecule has 1 aromatic carbocycles. The van der Waals surface area contributed by atoms with Crippen LogP contribution in [0, 0.1) is 11.7 Å². The highest BCUT2D eigenvalue weighted by atomic mass is 19.1. The molecule has 0 aromatic heterocycles. The number of carbonyl (C=O) groups excluding carboxylic acids is 2. The summed E-state index contributed by atoms with van der Waals surface area (Å²) in [7, 11) is 0. The van der Waals surface area contributed by atoms with Crippen LogP contribution in [-0.2, 0) is 9.59 Å². The molecule has 1 aliphatic carbocycles. The summed E-state index contributed by atoms with van der Waals surface area (Å²) in [6.45, 7) is -0.0489. The maximum absolute atomic E-state index is 12.7. The van der Waals surface area contributed by atoms with Crippen LogP contribution in [0.2, 0.25) is 0 Å². The first-order valence-electron chi connectivity index (χ1n) is 6.48. The Kier molecular flexibility index (Phi) is 4.49. The Hall–Kier alpha value is -1.91. The Morgan fingerprint density at radius 2 is 1.79 bits per heavy atom. The summed E-state index contributed by atoms with van der Waals surface area (Å²) in [5.41, 5.74) is 0.515. The fraction of sp³-hybridized carbons (Fsp3) is 0.429. The third-order valence-corrected chi connectivity index (χ3v) is 3.28. The van der Waals surface area contributed by atoms with Gasteiger partial charge in [0.05, 0.1) is 6.54 Å². The van der Waals surface area contributed by atoms with Crippen molar-refractivity contribution in [2.24, 2.45) is 5.92 Å². The second kappa shape index (κ2) is 6.31. The van der Waals surface area contributed by atoms with E-state index in [4.69, 9.17) is 0 Å². The lowest BCUT2D eigenvalue weighted by molar-refractivity contribution is -0.127. The summed E-state index contributed by atoms with van der Waals surface area (Å²) in [5, 5.41) is 5.23. The van der Waals surface area contributed by atoms with Crippen LogP contribution in [0.25, 0.3) is 0 Å². The highest BCUT2D eigenvalue weighted by molar-refractivity contribution is 5.94. The molecule has 2 amide bonds. The number of hydrogen-bond donors (Lipinski definition) is 2. The SMILES string of the molecule is O=C(CNC(=O)C1CCCC1)Nc1ccc(F)cc1.